The third-order valence-corrected chi connectivity index (χ3v) is 5.48. The molecule has 0 radical (unpaired) electrons. The van der Waals surface area contributed by atoms with E-state index in [1.807, 2.05) is 19.1 Å². The van der Waals surface area contributed by atoms with E-state index in [0.717, 1.165) is 10.2 Å². The SMILES string of the molecule is CCOc1ccc(Br)cc1C(Br)c1ccc2c(c1)CCC2. The van der Waals surface area contributed by atoms with Crippen LogP contribution < -0.4 is 4.74 Å². The number of rotatable bonds is 4. The Balaban J connectivity index is 1.97. The third-order valence-electron chi connectivity index (χ3n) is 3.96. The molecular formula is C18H18Br2O. The van der Waals surface area contributed by atoms with E-state index in [9.17, 15) is 0 Å². The predicted molar refractivity (Wildman–Crippen MR) is 94.5 cm³/mol. The van der Waals surface area contributed by atoms with Crippen LogP contribution in [0.25, 0.3) is 0 Å². The van der Waals surface area contributed by atoms with E-state index in [1.165, 1.54) is 41.5 Å². The molecule has 0 amide bonds. The molecule has 0 saturated heterocycles. The Kier molecular flexibility index (Phi) is 4.70. The van der Waals surface area contributed by atoms with E-state index in [4.69, 9.17) is 4.74 Å². The Labute approximate surface area is 143 Å². The summed E-state index contributed by atoms with van der Waals surface area (Å²) in [6.45, 7) is 2.70. The third kappa shape index (κ3) is 3.19. The van der Waals surface area contributed by atoms with Crippen LogP contribution in [0.3, 0.4) is 0 Å². The van der Waals surface area contributed by atoms with E-state index >= 15 is 0 Å². The Morgan fingerprint density at radius 2 is 1.90 bits per heavy atom. The monoisotopic (exact) mass is 408 g/mol. The second-order valence-corrected chi connectivity index (χ2v) is 7.19. The van der Waals surface area contributed by atoms with Gasteiger partial charge < -0.3 is 4.74 Å². The van der Waals surface area contributed by atoms with Crippen LogP contribution in [0.15, 0.2) is 40.9 Å². The molecule has 2 aromatic rings. The summed E-state index contributed by atoms with van der Waals surface area (Å²) in [5, 5.41) is 0. The van der Waals surface area contributed by atoms with Crippen LogP contribution in [0.1, 0.15) is 40.4 Å². The molecule has 0 N–H and O–H groups in total. The molecular weight excluding hydrogens is 392 g/mol. The van der Waals surface area contributed by atoms with Crippen molar-refractivity contribution in [1.29, 1.82) is 0 Å². The van der Waals surface area contributed by atoms with Gasteiger partial charge >= 0.3 is 0 Å². The van der Waals surface area contributed by atoms with Crippen molar-refractivity contribution in [3.8, 4) is 5.75 Å². The molecule has 0 fully saturated rings. The number of ether oxygens (including phenoxy) is 1. The van der Waals surface area contributed by atoms with Gasteiger partial charge in [-0.3, -0.25) is 0 Å². The molecule has 21 heavy (non-hydrogen) atoms. The van der Waals surface area contributed by atoms with Crippen molar-refractivity contribution in [1.82, 2.24) is 0 Å². The normalized spacial score (nSPS) is 14.8. The molecule has 1 aliphatic carbocycles. The average molecular weight is 410 g/mol. The van der Waals surface area contributed by atoms with Crippen molar-refractivity contribution in [2.24, 2.45) is 0 Å². The van der Waals surface area contributed by atoms with Gasteiger partial charge in [-0.15, -0.1) is 0 Å². The lowest BCUT2D eigenvalue weighted by Gasteiger charge is -2.17. The largest absolute Gasteiger partial charge is 0.494 e. The van der Waals surface area contributed by atoms with Crippen molar-refractivity contribution < 1.29 is 4.74 Å². The molecule has 0 heterocycles. The van der Waals surface area contributed by atoms with Gasteiger partial charge in [-0.25, -0.2) is 0 Å². The van der Waals surface area contributed by atoms with Crippen LogP contribution in [-0.4, -0.2) is 6.61 Å². The molecule has 0 aromatic heterocycles. The van der Waals surface area contributed by atoms with Gasteiger partial charge in [-0.05, 0) is 61.1 Å². The minimum absolute atomic E-state index is 0.155. The fourth-order valence-corrected chi connectivity index (χ4v) is 3.95. The van der Waals surface area contributed by atoms with Crippen molar-refractivity contribution in [3.63, 3.8) is 0 Å². The van der Waals surface area contributed by atoms with Gasteiger partial charge in [0.1, 0.15) is 5.75 Å². The van der Waals surface area contributed by atoms with Crippen molar-refractivity contribution in [2.45, 2.75) is 31.0 Å². The van der Waals surface area contributed by atoms with Crippen LogP contribution >= 0.6 is 31.9 Å². The van der Waals surface area contributed by atoms with Gasteiger partial charge in [0.05, 0.1) is 11.4 Å². The minimum Gasteiger partial charge on any atom is -0.494 e. The molecule has 0 saturated carbocycles. The quantitative estimate of drug-likeness (QED) is 0.578. The summed E-state index contributed by atoms with van der Waals surface area (Å²) in [4.78, 5) is 0.155. The van der Waals surface area contributed by atoms with Crippen LogP contribution in [0.4, 0.5) is 0 Å². The van der Waals surface area contributed by atoms with Gasteiger partial charge in [-0.2, -0.15) is 0 Å². The van der Waals surface area contributed by atoms with Gasteiger partial charge in [0.2, 0.25) is 0 Å². The number of alkyl halides is 1. The zero-order chi connectivity index (χ0) is 14.8. The van der Waals surface area contributed by atoms with E-state index in [0.29, 0.717) is 6.61 Å². The molecule has 3 heteroatoms. The minimum atomic E-state index is 0.155. The highest BCUT2D eigenvalue weighted by atomic mass is 79.9. The van der Waals surface area contributed by atoms with Crippen LogP contribution in [0, 0.1) is 0 Å². The fourth-order valence-electron chi connectivity index (χ4n) is 2.93. The second-order valence-electron chi connectivity index (χ2n) is 5.36. The highest BCUT2D eigenvalue weighted by Gasteiger charge is 2.19. The number of hydrogen-bond donors (Lipinski definition) is 0. The molecule has 0 spiro atoms. The van der Waals surface area contributed by atoms with Crippen molar-refractivity contribution in [3.05, 3.63) is 63.1 Å². The summed E-state index contributed by atoms with van der Waals surface area (Å²) in [6, 6.07) is 13.1. The first-order valence-corrected chi connectivity index (χ1v) is 9.08. The number of benzene rings is 2. The molecule has 0 bridgehead atoms. The van der Waals surface area contributed by atoms with E-state index < -0.39 is 0 Å². The van der Waals surface area contributed by atoms with Crippen LogP contribution in [0.5, 0.6) is 5.75 Å². The molecule has 1 atom stereocenters. The van der Waals surface area contributed by atoms with Gasteiger partial charge in [0.15, 0.2) is 0 Å². The molecule has 2 aromatic carbocycles. The Morgan fingerprint density at radius 3 is 2.71 bits per heavy atom. The van der Waals surface area contributed by atoms with Gasteiger partial charge in [0.25, 0.3) is 0 Å². The first-order chi connectivity index (χ1) is 10.2. The summed E-state index contributed by atoms with van der Waals surface area (Å²) in [6.07, 6.45) is 3.72. The molecule has 1 nitrogen and oxygen atoms in total. The number of fused-ring (bicyclic) bond motifs is 1. The number of aryl methyl sites for hydroxylation is 2. The molecule has 1 aliphatic rings. The zero-order valence-electron chi connectivity index (χ0n) is 12.0. The summed E-state index contributed by atoms with van der Waals surface area (Å²) >= 11 is 7.42. The van der Waals surface area contributed by atoms with Gasteiger partial charge in [0, 0.05) is 10.0 Å². The lowest BCUT2D eigenvalue weighted by atomic mass is 10.00. The van der Waals surface area contributed by atoms with Crippen LogP contribution in [0.2, 0.25) is 0 Å². The Morgan fingerprint density at radius 1 is 1.10 bits per heavy atom. The van der Waals surface area contributed by atoms with E-state index in [1.54, 1.807) is 0 Å². The second kappa shape index (κ2) is 6.53. The van der Waals surface area contributed by atoms with Crippen LogP contribution in [-0.2, 0) is 12.8 Å². The molecule has 3 rings (SSSR count). The standard InChI is InChI=1S/C18H18Br2O/c1-2-21-17-9-8-15(19)11-16(17)18(20)14-7-6-12-4-3-5-13(12)10-14/h6-11,18H,2-5H2,1H3. The predicted octanol–water partition coefficient (Wildman–Crippen LogP) is 5.82. The van der Waals surface area contributed by atoms with Gasteiger partial charge in [-0.1, -0.05) is 50.1 Å². The maximum atomic E-state index is 5.78. The number of hydrogen-bond acceptors (Lipinski definition) is 1. The smallest absolute Gasteiger partial charge is 0.124 e. The van der Waals surface area contributed by atoms with E-state index in [2.05, 4.69) is 56.1 Å². The molecule has 0 aliphatic heterocycles. The lowest BCUT2D eigenvalue weighted by Crippen LogP contribution is -2.00. The maximum absolute atomic E-state index is 5.78. The fraction of sp³-hybridized carbons (Fsp3) is 0.333. The first kappa shape index (κ1) is 15.1. The van der Waals surface area contributed by atoms with E-state index in [-0.39, 0.29) is 4.83 Å². The molecule has 1 unspecified atom stereocenters. The average Bonchev–Trinajstić information content (AvgIpc) is 2.96. The lowest BCUT2D eigenvalue weighted by molar-refractivity contribution is 0.337. The highest BCUT2D eigenvalue weighted by Crippen LogP contribution is 2.39. The zero-order valence-corrected chi connectivity index (χ0v) is 15.2. The highest BCUT2D eigenvalue weighted by molar-refractivity contribution is 9.10. The number of halogens is 2. The first-order valence-electron chi connectivity index (χ1n) is 7.37. The summed E-state index contributed by atoms with van der Waals surface area (Å²) in [5.41, 5.74) is 5.49. The Hall–Kier alpha value is -0.800. The maximum Gasteiger partial charge on any atom is 0.124 e. The van der Waals surface area contributed by atoms with Crippen molar-refractivity contribution in [2.75, 3.05) is 6.61 Å². The Bertz CT molecular complexity index is 652. The summed E-state index contributed by atoms with van der Waals surface area (Å²) in [7, 11) is 0. The topological polar surface area (TPSA) is 9.23 Å². The summed E-state index contributed by atoms with van der Waals surface area (Å²) in [5.74, 6) is 0.947. The molecule has 110 valence electrons. The summed E-state index contributed by atoms with van der Waals surface area (Å²) < 4.78 is 6.85. The van der Waals surface area contributed by atoms with Crippen molar-refractivity contribution >= 4 is 31.9 Å².